The molecule has 0 saturated heterocycles. The molecular weight excluding hydrogens is 504 g/mol. The molecule has 3 N–H and O–H groups in total. The number of anilines is 2. The summed E-state index contributed by atoms with van der Waals surface area (Å²) in [6.45, 7) is 7.66. The van der Waals surface area contributed by atoms with Crippen molar-refractivity contribution in [3.05, 3.63) is 50.6 Å². The van der Waals surface area contributed by atoms with Gasteiger partial charge in [0.15, 0.2) is 0 Å². The summed E-state index contributed by atoms with van der Waals surface area (Å²) in [5.41, 5.74) is 1.11. The molecule has 1 aliphatic heterocycles. The Morgan fingerprint density at radius 3 is 2.64 bits per heavy atom. The number of nitrogens with one attached hydrogen (secondary N) is 3. The second-order valence-corrected chi connectivity index (χ2v) is 10.8. The van der Waals surface area contributed by atoms with Crippen LogP contribution in [0.4, 0.5) is 11.8 Å². The Balaban J connectivity index is 1.45. The van der Waals surface area contributed by atoms with Crippen molar-refractivity contribution in [3.8, 4) is 0 Å². The van der Waals surface area contributed by atoms with Crippen molar-refractivity contribution in [2.45, 2.75) is 58.4 Å². The third-order valence-electron chi connectivity index (χ3n) is 5.39. The summed E-state index contributed by atoms with van der Waals surface area (Å²) in [7, 11) is 0. The lowest BCUT2D eigenvalue weighted by atomic mass is 9.92. The second kappa shape index (κ2) is 10.2. The third-order valence-corrected chi connectivity index (χ3v) is 6.85. The van der Waals surface area contributed by atoms with Crippen LogP contribution >= 0.6 is 22.9 Å². The molecule has 4 heterocycles. The molecule has 36 heavy (non-hydrogen) atoms. The van der Waals surface area contributed by atoms with Crippen molar-refractivity contribution in [1.82, 2.24) is 30.2 Å². The predicted octanol–water partition coefficient (Wildman–Crippen LogP) is 3.69. The fourth-order valence-electron chi connectivity index (χ4n) is 3.61. The first-order chi connectivity index (χ1) is 17.0. The van der Waals surface area contributed by atoms with Crippen molar-refractivity contribution in [3.63, 3.8) is 0 Å². The maximum atomic E-state index is 13.0. The number of rotatable bonds is 5. The van der Waals surface area contributed by atoms with Crippen LogP contribution in [0.3, 0.4) is 0 Å². The van der Waals surface area contributed by atoms with Gasteiger partial charge in [-0.25, -0.2) is 24.9 Å². The monoisotopic (exact) mass is 528 g/mol. The molecule has 3 amide bonds. The van der Waals surface area contributed by atoms with Gasteiger partial charge in [-0.3, -0.25) is 19.7 Å². The zero-order valence-electron chi connectivity index (χ0n) is 20.2. The lowest BCUT2D eigenvalue weighted by Crippen LogP contribution is -2.29. The van der Waals surface area contributed by atoms with Crippen LogP contribution in [-0.2, 0) is 16.6 Å². The number of aromatic nitrogens is 5. The van der Waals surface area contributed by atoms with Crippen LogP contribution in [0.5, 0.6) is 0 Å². The molecule has 4 rings (SSSR count). The number of halogens is 1. The molecule has 0 bridgehead atoms. The summed E-state index contributed by atoms with van der Waals surface area (Å²) in [6.07, 6.45) is 5.61. The minimum absolute atomic E-state index is 0.139. The highest BCUT2D eigenvalue weighted by Gasteiger charge is 2.25. The molecular formula is C23H25ClN8O3S. The van der Waals surface area contributed by atoms with Gasteiger partial charge in [0.2, 0.25) is 11.9 Å². The molecule has 188 valence electrons. The summed E-state index contributed by atoms with van der Waals surface area (Å²) < 4.78 is 0. The summed E-state index contributed by atoms with van der Waals surface area (Å²) >= 11 is 7.35. The van der Waals surface area contributed by atoms with E-state index in [2.05, 4.69) is 40.9 Å². The van der Waals surface area contributed by atoms with E-state index in [0.29, 0.717) is 51.2 Å². The van der Waals surface area contributed by atoms with Gasteiger partial charge in [-0.15, -0.1) is 11.3 Å². The van der Waals surface area contributed by atoms with E-state index in [1.165, 1.54) is 18.7 Å². The molecule has 1 atom stereocenters. The topological polar surface area (TPSA) is 152 Å². The smallest absolute Gasteiger partial charge is 0.270 e. The van der Waals surface area contributed by atoms with Crippen molar-refractivity contribution < 1.29 is 14.4 Å². The van der Waals surface area contributed by atoms with Crippen molar-refractivity contribution in [2.75, 3.05) is 10.6 Å². The fraction of sp³-hybridized carbons (Fsp3) is 0.391. The molecule has 3 aromatic heterocycles. The molecule has 13 heteroatoms. The molecule has 0 saturated carbocycles. The second-order valence-electron chi connectivity index (χ2n) is 9.30. The van der Waals surface area contributed by atoms with Crippen LogP contribution in [0.1, 0.15) is 83.0 Å². The van der Waals surface area contributed by atoms with Crippen LogP contribution in [0.25, 0.3) is 0 Å². The zero-order valence-corrected chi connectivity index (χ0v) is 21.8. The summed E-state index contributed by atoms with van der Waals surface area (Å²) in [5, 5.41) is 9.21. The molecule has 0 aromatic carbocycles. The Morgan fingerprint density at radius 2 is 1.89 bits per heavy atom. The lowest BCUT2D eigenvalue weighted by Gasteiger charge is -2.19. The van der Waals surface area contributed by atoms with Gasteiger partial charge in [0.1, 0.15) is 27.7 Å². The van der Waals surface area contributed by atoms with Crippen LogP contribution in [0.15, 0.2) is 18.7 Å². The summed E-state index contributed by atoms with van der Waals surface area (Å²) in [6, 6.07) is -0.491. The first kappa shape index (κ1) is 25.6. The van der Waals surface area contributed by atoms with Gasteiger partial charge in [-0.2, -0.15) is 0 Å². The van der Waals surface area contributed by atoms with Crippen LogP contribution in [0.2, 0.25) is 5.02 Å². The van der Waals surface area contributed by atoms with Gasteiger partial charge < -0.3 is 10.6 Å². The fourth-order valence-corrected chi connectivity index (χ4v) is 4.80. The van der Waals surface area contributed by atoms with Crippen LogP contribution in [-0.4, -0.2) is 42.6 Å². The summed E-state index contributed by atoms with van der Waals surface area (Å²) in [4.78, 5) is 58.9. The van der Waals surface area contributed by atoms with E-state index in [1.807, 2.05) is 20.8 Å². The van der Waals surface area contributed by atoms with E-state index < -0.39 is 17.9 Å². The maximum absolute atomic E-state index is 13.0. The Kier molecular flexibility index (Phi) is 7.27. The number of carbonyl (C=O) groups excluding carboxylic acids is 3. The molecule has 1 aliphatic rings. The van der Waals surface area contributed by atoms with Crippen molar-refractivity contribution in [1.29, 1.82) is 0 Å². The minimum atomic E-state index is -0.491. The summed E-state index contributed by atoms with van der Waals surface area (Å²) in [5.74, 6) is -0.474. The van der Waals surface area contributed by atoms with E-state index in [4.69, 9.17) is 11.6 Å². The zero-order chi connectivity index (χ0) is 26.0. The average molecular weight is 529 g/mol. The van der Waals surface area contributed by atoms with Gasteiger partial charge in [0.05, 0.1) is 29.2 Å². The highest BCUT2D eigenvalue weighted by Crippen LogP contribution is 2.28. The van der Waals surface area contributed by atoms with Gasteiger partial charge in [-0.1, -0.05) is 32.4 Å². The number of hydrogen-bond donors (Lipinski definition) is 3. The van der Waals surface area contributed by atoms with E-state index in [1.54, 1.807) is 6.92 Å². The molecule has 0 fully saturated rings. The van der Waals surface area contributed by atoms with Crippen molar-refractivity contribution in [2.24, 2.45) is 0 Å². The average Bonchev–Trinajstić information content (AvgIpc) is 3.23. The van der Waals surface area contributed by atoms with Gasteiger partial charge in [-0.05, 0) is 19.8 Å². The first-order valence-electron chi connectivity index (χ1n) is 11.3. The molecule has 1 unspecified atom stereocenters. The van der Waals surface area contributed by atoms with Crippen LogP contribution < -0.4 is 16.0 Å². The van der Waals surface area contributed by atoms with Gasteiger partial charge in [0.25, 0.3) is 11.8 Å². The number of fused-ring (bicyclic) bond motifs is 1. The van der Waals surface area contributed by atoms with E-state index in [9.17, 15) is 14.4 Å². The number of hydrogen-bond acceptors (Lipinski definition) is 9. The standard InChI is InChI=1S/C23H25ClN8O3S/c1-11(29-20(35)16-12-6-5-7-15(33)30-18(12)28-10-27-16)21-25-9-14(36-21)19(34)32-22-26-8-13(24)17(31-22)23(2,3)4/h8-11H,5-7H2,1-4H3,(H,29,35)(H,26,31,32,34)(H,27,28,30,33). The van der Waals surface area contributed by atoms with E-state index in [-0.39, 0.29) is 23.0 Å². The Morgan fingerprint density at radius 1 is 1.11 bits per heavy atom. The molecule has 11 nitrogen and oxygen atoms in total. The number of nitrogens with zero attached hydrogens (tertiary/aromatic N) is 5. The van der Waals surface area contributed by atoms with Gasteiger partial charge >= 0.3 is 0 Å². The Bertz CT molecular complexity index is 1340. The molecule has 0 aliphatic carbocycles. The molecule has 0 radical (unpaired) electrons. The number of amides is 3. The highest BCUT2D eigenvalue weighted by molar-refractivity contribution is 7.13. The lowest BCUT2D eigenvalue weighted by molar-refractivity contribution is -0.116. The van der Waals surface area contributed by atoms with Crippen LogP contribution in [0, 0.1) is 0 Å². The first-order valence-corrected chi connectivity index (χ1v) is 12.5. The van der Waals surface area contributed by atoms with Gasteiger partial charge in [0, 0.05) is 17.4 Å². The highest BCUT2D eigenvalue weighted by atomic mass is 35.5. The van der Waals surface area contributed by atoms with E-state index >= 15 is 0 Å². The quantitative estimate of drug-likeness (QED) is 0.453. The third kappa shape index (κ3) is 5.65. The van der Waals surface area contributed by atoms with Crippen molar-refractivity contribution >= 4 is 52.4 Å². The minimum Gasteiger partial charge on any atom is -0.342 e. The largest absolute Gasteiger partial charge is 0.342 e. The number of carbonyl (C=O) groups is 3. The molecule has 0 spiro atoms. The number of thiazole rings is 1. The predicted molar refractivity (Wildman–Crippen MR) is 135 cm³/mol. The van der Waals surface area contributed by atoms with E-state index in [0.717, 1.165) is 11.3 Å². The SMILES string of the molecule is CC(NC(=O)c1ncnc2c1CCCC(=O)N2)c1ncc(C(=O)Nc2ncc(Cl)c(C(C)(C)C)n2)s1. The molecule has 3 aromatic rings. The normalized spacial score (nSPS) is 14.3. The Hall–Kier alpha value is -3.51. The Labute approximate surface area is 216 Å². The maximum Gasteiger partial charge on any atom is 0.270 e.